The fraction of sp³-hybridized carbons (Fsp3) is 0.406. The quantitative estimate of drug-likeness (QED) is 0.345. The van der Waals surface area contributed by atoms with Crippen LogP contribution in [-0.2, 0) is 10.0 Å². The minimum atomic E-state index is -3.95. The standard InChI is InChI=1S/C32H35FN2O5S/c1-34-29(21-9-4-2-5-10-21)20-35(23-11-6-3-7-12-23)28-19-30(40-24-13-8-14-24)25(18-31(28)41(34,38)39)22-15-16-27(33)26(17-22)32(36)37/h3,6-7,11-12,15-19,21,24,29H,2,4-5,8-10,13-14,20H2,1H3,(H,36,37)/t29-/m0/s1. The van der Waals surface area contributed by atoms with E-state index in [1.54, 1.807) is 19.2 Å². The number of carboxylic acids is 1. The van der Waals surface area contributed by atoms with Gasteiger partial charge in [-0.15, -0.1) is 0 Å². The number of hydrogen-bond donors (Lipinski definition) is 1. The molecule has 0 bridgehead atoms. The topological polar surface area (TPSA) is 87.2 Å². The molecule has 1 atom stereocenters. The Hall–Kier alpha value is -3.43. The summed E-state index contributed by atoms with van der Waals surface area (Å²) in [6.07, 6.45) is 8.11. The zero-order valence-corrected chi connectivity index (χ0v) is 23.9. The van der Waals surface area contributed by atoms with Crippen molar-refractivity contribution in [1.82, 2.24) is 4.31 Å². The number of anilines is 2. The van der Waals surface area contributed by atoms with Crippen LogP contribution in [0.2, 0.25) is 0 Å². The van der Waals surface area contributed by atoms with Crippen LogP contribution in [0.1, 0.15) is 61.7 Å². The number of likely N-dealkylation sites (N-methyl/N-ethyl adjacent to an activating group) is 1. The van der Waals surface area contributed by atoms with Gasteiger partial charge < -0.3 is 14.7 Å². The predicted octanol–water partition coefficient (Wildman–Crippen LogP) is 6.84. The van der Waals surface area contributed by atoms with Crippen LogP contribution in [0, 0.1) is 11.7 Å². The number of nitrogens with zero attached hydrogens (tertiary/aromatic N) is 2. The van der Waals surface area contributed by atoms with E-state index in [2.05, 4.69) is 4.90 Å². The Morgan fingerprint density at radius 1 is 0.951 bits per heavy atom. The molecule has 9 heteroatoms. The van der Waals surface area contributed by atoms with Crippen molar-refractivity contribution in [2.24, 2.45) is 5.92 Å². The summed E-state index contributed by atoms with van der Waals surface area (Å²) in [5, 5.41) is 9.58. The first-order valence-corrected chi connectivity index (χ1v) is 15.9. The van der Waals surface area contributed by atoms with Gasteiger partial charge in [-0.2, -0.15) is 4.31 Å². The molecular weight excluding hydrogens is 543 g/mol. The molecule has 0 aromatic heterocycles. The Balaban J connectivity index is 1.57. The predicted molar refractivity (Wildman–Crippen MR) is 156 cm³/mol. The molecule has 0 radical (unpaired) electrons. The van der Waals surface area contributed by atoms with E-state index >= 15 is 0 Å². The van der Waals surface area contributed by atoms with Gasteiger partial charge in [0.25, 0.3) is 0 Å². The van der Waals surface area contributed by atoms with Gasteiger partial charge in [-0.25, -0.2) is 17.6 Å². The lowest BCUT2D eigenvalue weighted by atomic mass is 9.83. The van der Waals surface area contributed by atoms with Gasteiger partial charge in [0.15, 0.2) is 0 Å². The zero-order valence-electron chi connectivity index (χ0n) is 23.1. The van der Waals surface area contributed by atoms with Gasteiger partial charge >= 0.3 is 5.97 Å². The number of fused-ring (bicyclic) bond motifs is 1. The first kappa shape index (κ1) is 27.7. The highest BCUT2D eigenvalue weighted by Gasteiger charge is 2.41. The molecule has 0 amide bonds. The maximum atomic E-state index is 14.4. The molecule has 3 aromatic carbocycles. The summed E-state index contributed by atoms with van der Waals surface area (Å²) in [6, 6.07) is 16.8. The smallest absolute Gasteiger partial charge is 0.338 e. The Labute approximate surface area is 240 Å². The van der Waals surface area contributed by atoms with Crippen molar-refractivity contribution in [3.63, 3.8) is 0 Å². The van der Waals surface area contributed by atoms with Gasteiger partial charge in [0.2, 0.25) is 10.0 Å². The Morgan fingerprint density at radius 2 is 1.68 bits per heavy atom. The van der Waals surface area contributed by atoms with Crippen LogP contribution in [0.25, 0.3) is 11.1 Å². The Bertz CT molecular complexity index is 1550. The lowest BCUT2D eigenvalue weighted by Gasteiger charge is -2.37. The van der Waals surface area contributed by atoms with Crippen molar-refractivity contribution in [2.75, 3.05) is 18.5 Å². The molecule has 1 heterocycles. The number of para-hydroxylation sites is 1. The molecule has 0 spiro atoms. The number of ether oxygens (including phenoxy) is 1. The fourth-order valence-corrected chi connectivity index (χ4v) is 7.97. The number of sulfonamides is 1. The molecule has 41 heavy (non-hydrogen) atoms. The maximum Gasteiger partial charge on any atom is 0.338 e. The minimum Gasteiger partial charge on any atom is -0.490 e. The van der Waals surface area contributed by atoms with Crippen LogP contribution in [0.3, 0.4) is 0 Å². The van der Waals surface area contributed by atoms with Crippen LogP contribution >= 0.6 is 0 Å². The molecule has 3 aliphatic rings. The summed E-state index contributed by atoms with van der Waals surface area (Å²) in [7, 11) is -2.28. The van der Waals surface area contributed by atoms with Crippen molar-refractivity contribution in [3.8, 4) is 16.9 Å². The maximum absolute atomic E-state index is 14.4. The molecule has 216 valence electrons. The van der Waals surface area contributed by atoms with Gasteiger partial charge in [-0.3, -0.25) is 0 Å². The number of rotatable bonds is 6. The van der Waals surface area contributed by atoms with E-state index in [4.69, 9.17) is 4.74 Å². The van der Waals surface area contributed by atoms with Crippen molar-refractivity contribution in [3.05, 3.63) is 72.0 Å². The van der Waals surface area contributed by atoms with Gasteiger partial charge in [-0.05, 0) is 73.9 Å². The Morgan fingerprint density at radius 3 is 2.34 bits per heavy atom. The summed E-state index contributed by atoms with van der Waals surface area (Å²) < 4.78 is 51.0. The van der Waals surface area contributed by atoms with Crippen molar-refractivity contribution in [1.29, 1.82) is 0 Å². The van der Waals surface area contributed by atoms with Gasteiger partial charge in [-0.1, -0.05) is 43.5 Å². The zero-order chi connectivity index (χ0) is 28.7. The Kier molecular flexibility index (Phi) is 7.50. The molecule has 3 aromatic rings. The van der Waals surface area contributed by atoms with E-state index < -0.39 is 27.4 Å². The molecule has 1 aliphatic heterocycles. The van der Waals surface area contributed by atoms with Crippen molar-refractivity contribution in [2.45, 2.75) is 68.4 Å². The molecule has 0 unspecified atom stereocenters. The molecule has 2 saturated carbocycles. The normalized spacial score (nSPS) is 21.5. The SMILES string of the molecule is CN1[C@H](C2CCCCC2)CN(c2ccccc2)c2cc(OC3CCC3)c(-c3ccc(F)c(C(=O)O)c3)cc2S1(=O)=O. The second-order valence-electron chi connectivity index (χ2n) is 11.4. The molecular formula is C32H35FN2O5S. The van der Waals surface area contributed by atoms with E-state index in [1.807, 2.05) is 30.3 Å². The summed E-state index contributed by atoms with van der Waals surface area (Å²) in [5.41, 5.74) is 1.75. The van der Waals surface area contributed by atoms with Gasteiger partial charge in [0.1, 0.15) is 16.5 Å². The third kappa shape index (κ3) is 5.21. The summed E-state index contributed by atoms with van der Waals surface area (Å²) >= 11 is 0. The van der Waals surface area contributed by atoms with E-state index in [0.29, 0.717) is 29.1 Å². The first-order chi connectivity index (χ1) is 19.7. The number of benzene rings is 3. The average Bonchev–Trinajstić information content (AvgIpc) is 3.03. The van der Waals surface area contributed by atoms with E-state index in [9.17, 15) is 22.7 Å². The van der Waals surface area contributed by atoms with E-state index in [0.717, 1.165) is 56.7 Å². The fourth-order valence-electron chi connectivity index (χ4n) is 6.37. The molecule has 2 fully saturated rings. The second-order valence-corrected chi connectivity index (χ2v) is 13.4. The number of carboxylic acid groups (broad SMARTS) is 1. The number of hydrogen-bond acceptors (Lipinski definition) is 5. The number of halogens is 1. The highest BCUT2D eigenvalue weighted by molar-refractivity contribution is 7.89. The molecule has 1 N–H and O–H groups in total. The van der Waals surface area contributed by atoms with Gasteiger partial charge in [0, 0.05) is 37.0 Å². The summed E-state index contributed by atoms with van der Waals surface area (Å²) in [5.74, 6) is -1.54. The second kappa shape index (κ2) is 11.1. The minimum absolute atomic E-state index is 0.0172. The molecule has 2 aliphatic carbocycles. The first-order valence-electron chi connectivity index (χ1n) is 14.4. The van der Waals surface area contributed by atoms with E-state index in [-0.39, 0.29) is 23.0 Å². The van der Waals surface area contributed by atoms with Crippen LogP contribution in [0.15, 0.2) is 65.6 Å². The van der Waals surface area contributed by atoms with Crippen molar-refractivity contribution >= 4 is 27.4 Å². The average molecular weight is 579 g/mol. The lowest BCUT2D eigenvalue weighted by Crippen LogP contribution is -2.46. The summed E-state index contributed by atoms with van der Waals surface area (Å²) in [6.45, 7) is 0.499. The third-order valence-electron chi connectivity index (χ3n) is 8.96. The largest absolute Gasteiger partial charge is 0.490 e. The van der Waals surface area contributed by atoms with Crippen LogP contribution < -0.4 is 9.64 Å². The lowest BCUT2D eigenvalue weighted by molar-refractivity contribution is 0.0692. The van der Waals surface area contributed by atoms with E-state index in [1.165, 1.54) is 22.9 Å². The van der Waals surface area contributed by atoms with Crippen molar-refractivity contribution < 1.29 is 27.4 Å². The number of aromatic carboxylic acids is 1. The molecule has 0 saturated heterocycles. The number of carbonyl (C=O) groups is 1. The molecule has 7 nitrogen and oxygen atoms in total. The van der Waals surface area contributed by atoms with Crippen LogP contribution in [-0.4, -0.2) is 49.5 Å². The van der Waals surface area contributed by atoms with Crippen LogP contribution in [0.5, 0.6) is 5.75 Å². The third-order valence-corrected chi connectivity index (χ3v) is 10.9. The van der Waals surface area contributed by atoms with Crippen LogP contribution in [0.4, 0.5) is 15.8 Å². The highest BCUT2D eigenvalue weighted by atomic mass is 32.2. The highest BCUT2D eigenvalue weighted by Crippen LogP contribution is 2.46. The monoisotopic (exact) mass is 578 g/mol. The summed E-state index contributed by atoms with van der Waals surface area (Å²) in [4.78, 5) is 14.0. The van der Waals surface area contributed by atoms with Gasteiger partial charge in [0.05, 0.1) is 17.4 Å². The molecule has 6 rings (SSSR count).